The van der Waals surface area contributed by atoms with Gasteiger partial charge in [0.25, 0.3) is 0 Å². The molecular formula is C22H32ClN5O2S. The highest BCUT2D eigenvalue weighted by Crippen LogP contribution is 2.39. The molecule has 2 aromatic rings. The second-order valence-electron chi connectivity index (χ2n) is 8.36. The molecule has 1 amide bonds. The molecule has 0 bridgehead atoms. The second kappa shape index (κ2) is 11.3. The van der Waals surface area contributed by atoms with Gasteiger partial charge in [0.15, 0.2) is 0 Å². The number of carbonyl (C=O) groups is 1. The summed E-state index contributed by atoms with van der Waals surface area (Å²) in [6.07, 6.45) is 0. The number of carbonyl (C=O) groups excluding carboxylic acids is 1. The van der Waals surface area contributed by atoms with Gasteiger partial charge in [-0.15, -0.1) is 17.5 Å². The number of aromatic nitrogens is 2. The highest BCUT2D eigenvalue weighted by molar-refractivity contribution is 7.03. The van der Waals surface area contributed by atoms with Crippen LogP contribution in [0, 0.1) is 6.92 Å². The van der Waals surface area contributed by atoms with Crippen LogP contribution in [0.1, 0.15) is 28.7 Å². The van der Waals surface area contributed by atoms with Crippen LogP contribution in [-0.2, 0) is 9.53 Å². The zero-order valence-corrected chi connectivity index (χ0v) is 19.9. The standard InChI is InChI=1S/C22H31N5O2S.ClH/c1-17-3-5-18(6-4-17)19-13-26(14-20(19)21-16-30-24-23-21)15-22(28)27-9-7-25(8-10-27)11-12-29-2;/h3-6,16,19-20H,7-15H2,1-2H3;1H/t19-,20+;/m0./s1. The molecule has 2 atom stereocenters. The third-order valence-corrected chi connectivity index (χ3v) is 6.88. The molecule has 0 N–H and O–H groups in total. The largest absolute Gasteiger partial charge is 0.383 e. The highest BCUT2D eigenvalue weighted by atomic mass is 35.5. The van der Waals surface area contributed by atoms with Crippen molar-refractivity contribution in [2.24, 2.45) is 0 Å². The predicted octanol–water partition coefficient (Wildman–Crippen LogP) is 2.24. The fourth-order valence-electron chi connectivity index (χ4n) is 4.53. The molecule has 3 heterocycles. The van der Waals surface area contributed by atoms with Crippen LogP contribution in [0.3, 0.4) is 0 Å². The highest BCUT2D eigenvalue weighted by Gasteiger charge is 2.37. The van der Waals surface area contributed by atoms with Crippen molar-refractivity contribution in [3.63, 3.8) is 0 Å². The zero-order valence-electron chi connectivity index (χ0n) is 18.3. The summed E-state index contributed by atoms with van der Waals surface area (Å²) in [5.41, 5.74) is 3.63. The van der Waals surface area contributed by atoms with Crippen molar-refractivity contribution in [3.8, 4) is 0 Å². The fourth-order valence-corrected chi connectivity index (χ4v) is 5.05. The first-order valence-electron chi connectivity index (χ1n) is 10.7. The average molecular weight is 466 g/mol. The van der Waals surface area contributed by atoms with Gasteiger partial charge in [0.05, 0.1) is 18.8 Å². The third-order valence-electron chi connectivity index (χ3n) is 6.35. The van der Waals surface area contributed by atoms with Crippen LogP contribution in [0.25, 0.3) is 0 Å². The minimum atomic E-state index is 0. The summed E-state index contributed by atoms with van der Waals surface area (Å²) in [7, 11) is 1.73. The van der Waals surface area contributed by atoms with Gasteiger partial charge in [0.2, 0.25) is 5.91 Å². The van der Waals surface area contributed by atoms with Crippen molar-refractivity contribution in [2.45, 2.75) is 18.8 Å². The number of halogens is 1. The molecule has 2 fully saturated rings. The summed E-state index contributed by atoms with van der Waals surface area (Å²) >= 11 is 1.40. The Morgan fingerprint density at radius 2 is 1.81 bits per heavy atom. The number of aryl methyl sites for hydroxylation is 1. The summed E-state index contributed by atoms with van der Waals surface area (Å²) in [5.74, 6) is 0.861. The van der Waals surface area contributed by atoms with Crippen LogP contribution in [0.2, 0.25) is 0 Å². The van der Waals surface area contributed by atoms with E-state index >= 15 is 0 Å². The Labute approximate surface area is 194 Å². The number of benzene rings is 1. The molecule has 1 aromatic heterocycles. The first-order chi connectivity index (χ1) is 14.6. The lowest BCUT2D eigenvalue weighted by molar-refractivity contribution is -0.134. The molecule has 0 saturated carbocycles. The van der Waals surface area contributed by atoms with Crippen LogP contribution in [0.15, 0.2) is 29.6 Å². The summed E-state index contributed by atoms with van der Waals surface area (Å²) in [6.45, 7) is 9.46. The molecule has 2 aliphatic rings. The molecule has 2 aliphatic heterocycles. The van der Waals surface area contributed by atoms with E-state index in [9.17, 15) is 4.79 Å². The lowest BCUT2D eigenvalue weighted by Gasteiger charge is -2.35. The van der Waals surface area contributed by atoms with E-state index < -0.39 is 0 Å². The first-order valence-corrected chi connectivity index (χ1v) is 11.5. The summed E-state index contributed by atoms with van der Waals surface area (Å²) in [4.78, 5) is 19.6. The number of amides is 1. The van der Waals surface area contributed by atoms with Crippen LogP contribution in [0.4, 0.5) is 0 Å². The van der Waals surface area contributed by atoms with Gasteiger partial charge in [-0.25, -0.2) is 0 Å². The number of ether oxygens (including phenoxy) is 1. The Kier molecular flexibility index (Phi) is 8.80. The Hall–Kier alpha value is -1.58. The van der Waals surface area contributed by atoms with Crippen molar-refractivity contribution in [1.29, 1.82) is 0 Å². The molecule has 2 saturated heterocycles. The maximum Gasteiger partial charge on any atom is 0.236 e. The van der Waals surface area contributed by atoms with Crippen molar-refractivity contribution in [2.75, 3.05) is 66.1 Å². The minimum absolute atomic E-state index is 0. The van der Waals surface area contributed by atoms with Crippen LogP contribution >= 0.6 is 23.9 Å². The molecule has 0 aliphatic carbocycles. The number of piperazine rings is 1. The molecule has 4 rings (SSSR count). The van der Waals surface area contributed by atoms with E-state index in [-0.39, 0.29) is 24.2 Å². The van der Waals surface area contributed by atoms with Crippen molar-refractivity contribution < 1.29 is 9.53 Å². The van der Waals surface area contributed by atoms with Crippen LogP contribution < -0.4 is 0 Å². The zero-order chi connectivity index (χ0) is 20.9. The first kappa shape index (κ1) is 24.1. The van der Waals surface area contributed by atoms with Gasteiger partial charge in [-0.05, 0) is 24.0 Å². The SMILES string of the molecule is COCCN1CCN(C(=O)CN2C[C@@H](c3ccc(C)cc3)[C@H](c3csnn3)C2)CC1.Cl. The van der Waals surface area contributed by atoms with Crippen molar-refractivity contribution >= 4 is 29.8 Å². The van der Waals surface area contributed by atoms with Gasteiger partial charge in [0, 0.05) is 70.1 Å². The van der Waals surface area contributed by atoms with E-state index in [0.717, 1.165) is 58.1 Å². The van der Waals surface area contributed by atoms with Gasteiger partial charge in [-0.2, -0.15) is 0 Å². The Bertz CT molecular complexity index is 812. The Morgan fingerprint density at radius 3 is 2.45 bits per heavy atom. The molecule has 1 aromatic carbocycles. The van der Waals surface area contributed by atoms with Crippen molar-refractivity contribution in [3.05, 3.63) is 46.5 Å². The van der Waals surface area contributed by atoms with Gasteiger partial charge in [0.1, 0.15) is 0 Å². The van der Waals surface area contributed by atoms with Crippen LogP contribution in [-0.4, -0.2) is 96.3 Å². The van der Waals surface area contributed by atoms with E-state index in [1.165, 1.54) is 22.7 Å². The average Bonchev–Trinajstić information content (AvgIpc) is 3.43. The molecular weight excluding hydrogens is 434 g/mol. The molecule has 0 spiro atoms. The summed E-state index contributed by atoms with van der Waals surface area (Å²) < 4.78 is 9.24. The monoisotopic (exact) mass is 465 g/mol. The maximum absolute atomic E-state index is 13.0. The summed E-state index contributed by atoms with van der Waals surface area (Å²) in [6, 6.07) is 8.78. The number of likely N-dealkylation sites (tertiary alicyclic amines) is 1. The van der Waals surface area contributed by atoms with E-state index in [1.807, 2.05) is 4.90 Å². The number of methoxy groups -OCH3 is 1. The molecule has 31 heavy (non-hydrogen) atoms. The van der Waals surface area contributed by atoms with E-state index in [1.54, 1.807) is 7.11 Å². The number of nitrogens with zero attached hydrogens (tertiary/aromatic N) is 5. The van der Waals surface area contributed by atoms with Gasteiger partial charge in [-0.3, -0.25) is 14.6 Å². The second-order valence-corrected chi connectivity index (χ2v) is 8.97. The summed E-state index contributed by atoms with van der Waals surface area (Å²) in [5, 5.41) is 6.41. The lowest BCUT2D eigenvalue weighted by Crippen LogP contribution is -2.51. The molecule has 170 valence electrons. The Balaban J connectivity index is 0.00000272. The van der Waals surface area contributed by atoms with E-state index in [4.69, 9.17) is 4.74 Å². The van der Waals surface area contributed by atoms with Gasteiger partial charge < -0.3 is 9.64 Å². The van der Waals surface area contributed by atoms with Gasteiger partial charge >= 0.3 is 0 Å². The van der Waals surface area contributed by atoms with E-state index in [2.05, 4.69) is 56.0 Å². The van der Waals surface area contributed by atoms with Crippen molar-refractivity contribution in [1.82, 2.24) is 24.3 Å². The maximum atomic E-state index is 13.0. The number of hydrogen-bond donors (Lipinski definition) is 0. The number of hydrogen-bond acceptors (Lipinski definition) is 7. The van der Waals surface area contributed by atoms with E-state index in [0.29, 0.717) is 12.5 Å². The molecule has 9 heteroatoms. The Morgan fingerprint density at radius 1 is 1.10 bits per heavy atom. The fraction of sp³-hybridized carbons (Fsp3) is 0.591. The quantitative estimate of drug-likeness (QED) is 0.625. The normalized spacial score (nSPS) is 22.5. The van der Waals surface area contributed by atoms with Gasteiger partial charge in [-0.1, -0.05) is 34.3 Å². The molecule has 0 radical (unpaired) electrons. The minimum Gasteiger partial charge on any atom is -0.383 e. The number of rotatable bonds is 7. The topological polar surface area (TPSA) is 61.8 Å². The lowest BCUT2D eigenvalue weighted by atomic mass is 9.87. The predicted molar refractivity (Wildman–Crippen MR) is 125 cm³/mol. The molecule has 7 nitrogen and oxygen atoms in total. The molecule has 0 unspecified atom stereocenters. The van der Waals surface area contributed by atoms with Crippen LogP contribution in [0.5, 0.6) is 0 Å². The third kappa shape index (κ3) is 6.02. The smallest absolute Gasteiger partial charge is 0.236 e.